The molecule has 1 saturated heterocycles. The number of halogens is 2. The summed E-state index contributed by atoms with van der Waals surface area (Å²) in [5, 5.41) is 3.39. The molecule has 1 N–H and O–H groups in total. The Balaban J connectivity index is 0.00000300. The monoisotopic (exact) mass is 575 g/mol. The number of methoxy groups -OCH3 is 1. The van der Waals surface area contributed by atoms with Crippen molar-refractivity contribution in [1.29, 1.82) is 0 Å². The summed E-state index contributed by atoms with van der Waals surface area (Å²) in [6.07, 6.45) is 1.73. The van der Waals surface area contributed by atoms with Crippen LogP contribution in [0.15, 0.2) is 33.9 Å². The number of aryl methyl sites for hydroxylation is 1. The first-order valence-corrected chi connectivity index (χ1v) is 10.2. The molecule has 10 heteroatoms. The molecule has 0 amide bonds. The molecule has 8 nitrogen and oxygen atoms in total. The van der Waals surface area contributed by atoms with Crippen molar-refractivity contribution in [3.8, 4) is 5.88 Å². The van der Waals surface area contributed by atoms with E-state index in [0.717, 1.165) is 54.5 Å². The van der Waals surface area contributed by atoms with Crippen LogP contribution < -0.4 is 15.0 Å². The summed E-state index contributed by atoms with van der Waals surface area (Å²) >= 11 is 3.40. The number of nitrogens with one attached hydrogen (secondary N) is 1. The second-order valence-electron chi connectivity index (χ2n) is 6.44. The van der Waals surface area contributed by atoms with Crippen LogP contribution >= 0.6 is 39.9 Å². The molecule has 1 fully saturated rings. The summed E-state index contributed by atoms with van der Waals surface area (Å²) in [5.74, 6) is 2.15. The van der Waals surface area contributed by atoms with Gasteiger partial charge >= 0.3 is 0 Å². The lowest BCUT2D eigenvalue weighted by Gasteiger charge is -2.36. The molecule has 0 radical (unpaired) electrons. The molecule has 3 rings (SSSR count). The molecule has 29 heavy (non-hydrogen) atoms. The van der Waals surface area contributed by atoms with Crippen LogP contribution in [0.4, 0.5) is 5.95 Å². The minimum absolute atomic E-state index is 0. The van der Waals surface area contributed by atoms with Crippen LogP contribution in [0.2, 0.25) is 0 Å². The zero-order chi connectivity index (χ0) is 19.9. The fourth-order valence-corrected chi connectivity index (χ4v) is 3.38. The van der Waals surface area contributed by atoms with Crippen molar-refractivity contribution in [1.82, 2.24) is 25.2 Å². The highest BCUT2D eigenvalue weighted by atomic mass is 127. The zero-order valence-corrected chi connectivity index (χ0v) is 20.8. The Kier molecular flexibility index (Phi) is 9.34. The summed E-state index contributed by atoms with van der Waals surface area (Å²) in [7, 11) is 1.61. The lowest BCUT2D eigenvalue weighted by molar-refractivity contribution is 0.366. The van der Waals surface area contributed by atoms with Crippen molar-refractivity contribution in [3.63, 3.8) is 0 Å². The molecule has 1 aliphatic heterocycles. The summed E-state index contributed by atoms with van der Waals surface area (Å²) in [5.41, 5.74) is 1.99. The van der Waals surface area contributed by atoms with Crippen LogP contribution in [0.25, 0.3) is 0 Å². The molecule has 0 bridgehead atoms. The number of aromatic nitrogens is 3. The van der Waals surface area contributed by atoms with Crippen LogP contribution in [0.1, 0.15) is 18.3 Å². The molecule has 0 spiro atoms. The lowest BCUT2D eigenvalue weighted by atomic mass is 10.3. The van der Waals surface area contributed by atoms with Gasteiger partial charge in [0.05, 0.1) is 30.0 Å². The molecule has 0 aromatic carbocycles. The third-order valence-electron chi connectivity index (χ3n) is 4.43. The van der Waals surface area contributed by atoms with Crippen molar-refractivity contribution >= 4 is 51.8 Å². The molecule has 0 unspecified atom stereocenters. The van der Waals surface area contributed by atoms with Crippen molar-refractivity contribution < 1.29 is 4.74 Å². The van der Waals surface area contributed by atoms with Crippen LogP contribution in [0.3, 0.4) is 0 Å². The van der Waals surface area contributed by atoms with Crippen molar-refractivity contribution in [2.45, 2.75) is 20.4 Å². The average molecular weight is 576 g/mol. The second-order valence-corrected chi connectivity index (χ2v) is 7.30. The van der Waals surface area contributed by atoms with Crippen LogP contribution in [0.5, 0.6) is 5.88 Å². The average Bonchev–Trinajstić information content (AvgIpc) is 2.72. The number of hydrogen-bond acceptors (Lipinski definition) is 6. The van der Waals surface area contributed by atoms with Gasteiger partial charge in [-0.05, 0) is 41.9 Å². The highest BCUT2D eigenvalue weighted by Crippen LogP contribution is 2.23. The third-order valence-corrected chi connectivity index (χ3v) is 4.97. The van der Waals surface area contributed by atoms with Gasteiger partial charge in [0, 0.05) is 38.4 Å². The summed E-state index contributed by atoms with van der Waals surface area (Å²) in [6, 6.07) is 6.03. The van der Waals surface area contributed by atoms with E-state index in [0.29, 0.717) is 18.4 Å². The molecular weight excluding hydrogens is 549 g/mol. The predicted octanol–water partition coefficient (Wildman–Crippen LogP) is 2.86. The normalized spacial score (nSPS) is 14.4. The third kappa shape index (κ3) is 6.39. The molecule has 1 aliphatic rings. The molecule has 2 aromatic rings. The number of aliphatic imine (C=N–C) groups is 1. The van der Waals surface area contributed by atoms with Gasteiger partial charge in [0.25, 0.3) is 0 Å². The quantitative estimate of drug-likeness (QED) is 0.334. The molecule has 0 saturated carbocycles. The topological polar surface area (TPSA) is 78.8 Å². The van der Waals surface area contributed by atoms with E-state index >= 15 is 0 Å². The van der Waals surface area contributed by atoms with E-state index in [1.807, 2.05) is 25.1 Å². The second kappa shape index (κ2) is 11.5. The Morgan fingerprint density at radius 3 is 2.66 bits per heavy atom. The van der Waals surface area contributed by atoms with E-state index in [4.69, 9.17) is 9.73 Å². The minimum Gasteiger partial charge on any atom is -0.480 e. The largest absolute Gasteiger partial charge is 0.480 e. The van der Waals surface area contributed by atoms with Gasteiger partial charge in [0.2, 0.25) is 11.8 Å². The molecule has 3 heterocycles. The lowest BCUT2D eigenvalue weighted by Crippen LogP contribution is -2.53. The van der Waals surface area contributed by atoms with Crippen molar-refractivity contribution in [2.24, 2.45) is 4.99 Å². The first-order chi connectivity index (χ1) is 13.6. The van der Waals surface area contributed by atoms with E-state index in [1.165, 1.54) is 0 Å². The standard InChI is InChI=1S/C19H26BrN7O.HI/c1-4-21-18(22-12-15-7-5-6-14(2)24-15)26-8-10-27(11-9-26)19-23-13-16(20)17(25-19)28-3;/h5-7,13H,4,8-12H2,1-3H3,(H,21,22);1H. The van der Waals surface area contributed by atoms with Gasteiger partial charge in [-0.1, -0.05) is 6.07 Å². The number of guanidine groups is 1. The van der Waals surface area contributed by atoms with Gasteiger partial charge in [-0.25, -0.2) is 9.98 Å². The van der Waals surface area contributed by atoms with Gasteiger partial charge < -0.3 is 19.9 Å². The number of anilines is 1. The SMILES string of the molecule is CCNC(=NCc1cccc(C)n1)N1CCN(c2ncc(Br)c(OC)n2)CC1.I. The number of hydrogen-bond donors (Lipinski definition) is 1. The number of rotatable bonds is 5. The molecule has 0 aliphatic carbocycles. The van der Waals surface area contributed by atoms with Crippen LogP contribution in [-0.4, -0.2) is 65.6 Å². The van der Waals surface area contributed by atoms with Gasteiger partial charge in [-0.3, -0.25) is 4.98 Å². The van der Waals surface area contributed by atoms with Crippen LogP contribution in [0, 0.1) is 6.92 Å². The molecule has 2 aromatic heterocycles. The maximum atomic E-state index is 5.28. The van der Waals surface area contributed by atoms with Gasteiger partial charge in [0.1, 0.15) is 0 Å². The number of pyridine rings is 1. The maximum Gasteiger partial charge on any atom is 0.232 e. The van der Waals surface area contributed by atoms with Gasteiger partial charge in [-0.2, -0.15) is 4.98 Å². The fourth-order valence-electron chi connectivity index (χ4n) is 3.03. The maximum absolute atomic E-state index is 5.28. The smallest absolute Gasteiger partial charge is 0.232 e. The summed E-state index contributed by atoms with van der Waals surface area (Å²) < 4.78 is 6.03. The van der Waals surface area contributed by atoms with E-state index in [1.54, 1.807) is 13.3 Å². The predicted molar refractivity (Wildman–Crippen MR) is 129 cm³/mol. The number of nitrogens with zero attached hydrogens (tertiary/aromatic N) is 6. The first-order valence-electron chi connectivity index (χ1n) is 9.38. The van der Waals surface area contributed by atoms with Gasteiger partial charge in [0.15, 0.2) is 5.96 Å². The van der Waals surface area contributed by atoms with Gasteiger partial charge in [-0.15, -0.1) is 24.0 Å². The Bertz CT molecular complexity index is 828. The number of ether oxygens (including phenoxy) is 1. The van der Waals surface area contributed by atoms with E-state index in [2.05, 4.69) is 52.9 Å². The van der Waals surface area contributed by atoms with Crippen LogP contribution in [-0.2, 0) is 6.54 Å². The van der Waals surface area contributed by atoms with Crippen molar-refractivity contribution in [3.05, 3.63) is 40.3 Å². The number of piperazine rings is 1. The van der Waals surface area contributed by atoms with E-state index in [9.17, 15) is 0 Å². The summed E-state index contributed by atoms with van der Waals surface area (Å²) in [6.45, 7) is 8.79. The Morgan fingerprint density at radius 2 is 2.00 bits per heavy atom. The summed E-state index contributed by atoms with van der Waals surface area (Å²) in [4.78, 5) is 22.6. The Morgan fingerprint density at radius 1 is 1.24 bits per heavy atom. The highest BCUT2D eigenvalue weighted by molar-refractivity contribution is 14.0. The molecule has 0 atom stereocenters. The fraction of sp³-hybridized carbons (Fsp3) is 0.474. The highest BCUT2D eigenvalue weighted by Gasteiger charge is 2.22. The van der Waals surface area contributed by atoms with E-state index in [-0.39, 0.29) is 24.0 Å². The first kappa shape index (κ1) is 23.6. The van der Waals surface area contributed by atoms with E-state index < -0.39 is 0 Å². The Hall–Kier alpha value is -1.69. The van der Waals surface area contributed by atoms with Crippen molar-refractivity contribution in [2.75, 3.05) is 44.7 Å². The zero-order valence-electron chi connectivity index (χ0n) is 16.9. The molecular formula is C19H27BrIN7O. The minimum atomic E-state index is 0. The molecule has 158 valence electrons. The Labute approximate surface area is 197 Å².